The summed E-state index contributed by atoms with van der Waals surface area (Å²) in [4.78, 5) is 18.1. The van der Waals surface area contributed by atoms with Gasteiger partial charge in [0.25, 0.3) is 5.91 Å². The molecule has 0 spiro atoms. The van der Waals surface area contributed by atoms with Gasteiger partial charge in [-0.2, -0.15) is 0 Å². The number of carbonyl (C=O) groups excluding carboxylic acids is 1. The van der Waals surface area contributed by atoms with Crippen molar-refractivity contribution in [2.24, 2.45) is 5.92 Å². The maximum Gasteiger partial charge on any atom is 0.255 e. The van der Waals surface area contributed by atoms with Crippen LogP contribution in [0.4, 0.5) is 0 Å². The molecular weight excluding hydrogens is 226 g/mol. The maximum absolute atomic E-state index is 12.2. The van der Waals surface area contributed by atoms with Gasteiger partial charge in [0.1, 0.15) is 0 Å². The predicted molar refractivity (Wildman–Crippen MR) is 71.4 cm³/mol. The SMILES string of the molecule is CNCCC1CCN(C(=O)c2cccnc2)CC1. The van der Waals surface area contributed by atoms with Crippen LogP contribution in [0.2, 0.25) is 0 Å². The highest BCUT2D eigenvalue weighted by molar-refractivity contribution is 5.93. The van der Waals surface area contributed by atoms with E-state index in [1.54, 1.807) is 12.4 Å². The van der Waals surface area contributed by atoms with Gasteiger partial charge in [-0.05, 0) is 50.9 Å². The molecule has 1 N–H and O–H groups in total. The molecule has 0 bridgehead atoms. The molecule has 2 rings (SSSR count). The minimum atomic E-state index is 0.121. The molecule has 0 atom stereocenters. The van der Waals surface area contributed by atoms with E-state index in [0.29, 0.717) is 5.56 Å². The molecule has 1 fully saturated rings. The molecule has 1 saturated heterocycles. The van der Waals surface area contributed by atoms with Crippen LogP contribution in [0.1, 0.15) is 29.6 Å². The van der Waals surface area contributed by atoms with Gasteiger partial charge >= 0.3 is 0 Å². The molecule has 0 aromatic carbocycles. The average molecular weight is 247 g/mol. The van der Waals surface area contributed by atoms with Crippen LogP contribution in [-0.4, -0.2) is 42.5 Å². The quantitative estimate of drug-likeness (QED) is 0.878. The molecule has 1 aliphatic heterocycles. The molecular formula is C14H21N3O. The second-order valence-electron chi connectivity index (χ2n) is 4.87. The Morgan fingerprint density at radius 3 is 2.89 bits per heavy atom. The molecule has 0 aliphatic carbocycles. The van der Waals surface area contributed by atoms with Crippen molar-refractivity contribution in [1.82, 2.24) is 15.2 Å². The van der Waals surface area contributed by atoms with E-state index in [-0.39, 0.29) is 5.91 Å². The fourth-order valence-electron chi connectivity index (χ4n) is 2.45. The molecule has 4 heteroatoms. The fraction of sp³-hybridized carbons (Fsp3) is 0.571. The first kappa shape index (κ1) is 13.0. The van der Waals surface area contributed by atoms with E-state index in [4.69, 9.17) is 0 Å². The maximum atomic E-state index is 12.2. The summed E-state index contributed by atoms with van der Waals surface area (Å²) in [5, 5.41) is 3.19. The van der Waals surface area contributed by atoms with E-state index < -0.39 is 0 Å². The Morgan fingerprint density at radius 2 is 2.28 bits per heavy atom. The van der Waals surface area contributed by atoms with Crippen molar-refractivity contribution in [2.75, 3.05) is 26.7 Å². The summed E-state index contributed by atoms with van der Waals surface area (Å²) >= 11 is 0. The van der Waals surface area contributed by atoms with Crippen LogP contribution in [0.15, 0.2) is 24.5 Å². The van der Waals surface area contributed by atoms with Gasteiger partial charge in [0.05, 0.1) is 5.56 Å². The summed E-state index contributed by atoms with van der Waals surface area (Å²) in [6, 6.07) is 3.65. The van der Waals surface area contributed by atoms with Gasteiger partial charge in [0.2, 0.25) is 0 Å². The van der Waals surface area contributed by atoms with Crippen LogP contribution < -0.4 is 5.32 Å². The highest BCUT2D eigenvalue weighted by atomic mass is 16.2. The number of aromatic nitrogens is 1. The predicted octanol–water partition coefficient (Wildman–Crippen LogP) is 1.54. The number of pyridine rings is 1. The topological polar surface area (TPSA) is 45.2 Å². The molecule has 0 saturated carbocycles. The highest BCUT2D eigenvalue weighted by Gasteiger charge is 2.23. The fourth-order valence-corrected chi connectivity index (χ4v) is 2.45. The smallest absolute Gasteiger partial charge is 0.255 e. The van der Waals surface area contributed by atoms with E-state index >= 15 is 0 Å². The second kappa shape index (κ2) is 6.50. The molecule has 2 heterocycles. The third-order valence-electron chi connectivity index (χ3n) is 3.61. The standard InChI is InChI=1S/C14H21N3O/c1-15-8-4-12-5-9-17(10-6-12)14(18)13-3-2-7-16-11-13/h2-3,7,11-12,15H,4-6,8-10H2,1H3. The lowest BCUT2D eigenvalue weighted by Gasteiger charge is -2.32. The molecule has 0 radical (unpaired) electrons. The monoisotopic (exact) mass is 247 g/mol. The number of likely N-dealkylation sites (tertiary alicyclic amines) is 1. The highest BCUT2D eigenvalue weighted by Crippen LogP contribution is 2.21. The molecule has 0 unspecified atom stereocenters. The van der Waals surface area contributed by atoms with Gasteiger partial charge < -0.3 is 10.2 Å². The largest absolute Gasteiger partial charge is 0.339 e. The molecule has 1 amide bonds. The van der Waals surface area contributed by atoms with Gasteiger partial charge in [-0.1, -0.05) is 0 Å². The minimum Gasteiger partial charge on any atom is -0.339 e. The molecule has 1 aliphatic rings. The molecule has 4 nitrogen and oxygen atoms in total. The summed E-state index contributed by atoms with van der Waals surface area (Å²) in [5.41, 5.74) is 0.700. The van der Waals surface area contributed by atoms with Crippen LogP contribution >= 0.6 is 0 Å². The lowest BCUT2D eigenvalue weighted by Crippen LogP contribution is -2.39. The van der Waals surface area contributed by atoms with Gasteiger partial charge in [0.15, 0.2) is 0 Å². The van der Waals surface area contributed by atoms with Crippen molar-refractivity contribution in [3.8, 4) is 0 Å². The van der Waals surface area contributed by atoms with Crippen LogP contribution in [-0.2, 0) is 0 Å². The number of carbonyl (C=O) groups is 1. The van der Waals surface area contributed by atoms with Crippen molar-refractivity contribution < 1.29 is 4.79 Å². The third-order valence-corrected chi connectivity index (χ3v) is 3.61. The van der Waals surface area contributed by atoms with E-state index in [0.717, 1.165) is 38.4 Å². The molecule has 18 heavy (non-hydrogen) atoms. The summed E-state index contributed by atoms with van der Waals surface area (Å²) < 4.78 is 0. The van der Waals surface area contributed by atoms with Crippen molar-refractivity contribution in [2.45, 2.75) is 19.3 Å². The van der Waals surface area contributed by atoms with E-state index in [9.17, 15) is 4.79 Å². The number of hydrogen-bond donors (Lipinski definition) is 1. The van der Waals surface area contributed by atoms with Crippen LogP contribution in [0.3, 0.4) is 0 Å². The van der Waals surface area contributed by atoms with Crippen LogP contribution in [0.25, 0.3) is 0 Å². The Labute approximate surface area is 108 Å². The Balaban J connectivity index is 1.84. The summed E-state index contributed by atoms with van der Waals surface area (Å²) in [6.07, 6.45) is 6.79. The number of piperidine rings is 1. The zero-order valence-corrected chi connectivity index (χ0v) is 10.9. The lowest BCUT2D eigenvalue weighted by atomic mass is 9.93. The number of hydrogen-bond acceptors (Lipinski definition) is 3. The molecule has 98 valence electrons. The summed E-state index contributed by atoms with van der Waals surface area (Å²) in [5.74, 6) is 0.880. The van der Waals surface area contributed by atoms with Gasteiger partial charge in [-0.15, -0.1) is 0 Å². The van der Waals surface area contributed by atoms with E-state index in [1.807, 2.05) is 24.1 Å². The zero-order chi connectivity index (χ0) is 12.8. The van der Waals surface area contributed by atoms with Crippen LogP contribution in [0, 0.1) is 5.92 Å². The zero-order valence-electron chi connectivity index (χ0n) is 10.9. The van der Waals surface area contributed by atoms with Crippen molar-refractivity contribution in [3.63, 3.8) is 0 Å². The summed E-state index contributed by atoms with van der Waals surface area (Å²) in [6.45, 7) is 2.82. The van der Waals surface area contributed by atoms with E-state index in [1.165, 1.54) is 6.42 Å². The average Bonchev–Trinajstić information content (AvgIpc) is 2.46. The normalized spacial score (nSPS) is 16.8. The Bertz CT molecular complexity index is 372. The molecule has 1 aromatic rings. The number of amides is 1. The van der Waals surface area contributed by atoms with Gasteiger partial charge in [-0.3, -0.25) is 9.78 Å². The first-order chi connectivity index (χ1) is 8.81. The second-order valence-corrected chi connectivity index (χ2v) is 4.87. The van der Waals surface area contributed by atoms with E-state index in [2.05, 4.69) is 10.3 Å². The summed E-state index contributed by atoms with van der Waals surface area (Å²) in [7, 11) is 1.99. The van der Waals surface area contributed by atoms with Crippen molar-refractivity contribution in [3.05, 3.63) is 30.1 Å². The van der Waals surface area contributed by atoms with Crippen molar-refractivity contribution >= 4 is 5.91 Å². The first-order valence-corrected chi connectivity index (χ1v) is 6.65. The first-order valence-electron chi connectivity index (χ1n) is 6.65. The number of nitrogens with one attached hydrogen (secondary N) is 1. The van der Waals surface area contributed by atoms with Crippen LogP contribution in [0.5, 0.6) is 0 Å². The van der Waals surface area contributed by atoms with Crippen molar-refractivity contribution in [1.29, 1.82) is 0 Å². The van der Waals surface area contributed by atoms with Gasteiger partial charge in [0, 0.05) is 25.5 Å². The Kier molecular flexibility index (Phi) is 4.70. The third kappa shape index (κ3) is 3.29. The molecule has 1 aromatic heterocycles. The van der Waals surface area contributed by atoms with Gasteiger partial charge in [-0.25, -0.2) is 0 Å². The minimum absolute atomic E-state index is 0.121. The number of nitrogens with zero attached hydrogens (tertiary/aromatic N) is 2. The lowest BCUT2D eigenvalue weighted by molar-refractivity contribution is 0.0686. The Morgan fingerprint density at radius 1 is 1.50 bits per heavy atom. The Hall–Kier alpha value is -1.42. The number of rotatable bonds is 4.